The van der Waals surface area contributed by atoms with E-state index in [0.29, 0.717) is 0 Å². The lowest BCUT2D eigenvalue weighted by atomic mass is 10.0. The molecule has 3 heterocycles. The number of hydrogen-bond donors (Lipinski definition) is 0. The fourth-order valence-corrected chi connectivity index (χ4v) is 1.87. The van der Waals surface area contributed by atoms with Crippen molar-refractivity contribution in [2.75, 3.05) is 0 Å². The molecule has 0 radical (unpaired) electrons. The Hall–Kier alpha value is -2.55. The molecular weight excluding hydrogens is 222 g/mol. The van der Waals surface area contributed by atoms with Crippen LogP contribution in [0, 0.1) is 0 Å². The Morgan fingerprint density at radius 2 is 1.61 bits per heavy atom. The first-order valence-corrected chi connectivity index (χ1v) is 5.72. The van der Waals surface area contributed by atoms with Crippen LogP contribution in [-0.4, -0.2) is 15.0 Å². The Morgan fingerprint density at radius 3 is 2.39 bits per heavy atom. The van der Waals surface area contributed by atoms with E-state index in [-0.39, 0.29) is 0 Å². The third-order valence-electron chi connectivity index (χ3n) is 2.69. The molecule has 3 aromatic rings. The SMILES string of the molecule is c1ccc(-c2ncccc2-c2cccnc2)nc1. The Kier molecular flexibility index (Phi) is 2.80. The van der Waals surface area contributed by atoms with Crippen LogP contribution in [-0.2, 0) is 0 Å². The largest absolute Gasteiger partial charge is 0.264 e. The fourth-order valence-electron chi connectivity index (χ4n) is 1.87. The van der Waals surface area contributed by atoms with Crippen molar-refractivity contribution in [2.24, 2.45) is 0 Å². The van der Waals surface area contributed by atoms with Gasteiger partial charge >= 0.3 is 0 Å². The summed E-state index contributed by atoms with van der Waals surface area (Å²) in [6.07, 6.45) is 7.16. The highest BCUT2D eigenvalue weighted by Gasteiger charge is 2.08. The van der Waals surface area contributed by atoms with Gasteiger partial charge in [-0.25, -0.2) is 0 Å². The number of rotatable bonds is 2. The van der Waals surface area contributed by atoms with Crippen LogP contribution in [0.4, 0.5) is 0 Å². The lowest BCUT2D eigenvalue weighted by Gasteiger charge is -2.07. The van der Waals surface area contributed by atoms with Gasteiger partial charge in [-0.15, -0.1) is 0 Å². The Balaban J connectivity index is 2.18. The first-order chi connectivity index (χ1) is 8.95. The van der Waals surface area contributed by atoms with E-state index in [1.807, 2.05) is 48.7 Å². The molecule has 0 amide bonds. The van der Waals surface area contributed by atoms with Gasteiger partial charge in [0.25, 0.3) is 0 Å². The summed E-state index contributed by atoms with van der Waals surface area (Å²) in [5.74, 6) is 0. The van der Waals surface area contributed by atoms with Crippen LogP contribution in [0.25, 0.3) is 22.5 Å². The third kappa shape index (κ3) is 1.98. The number of aromatic nitrogens is 3. The van der Waals surface area contributed by atoms with E-state index >= 15 is 0 Å². The zero-order valence-electron chi connectivity index (χ0n) is 9.69. The predicted molar refractivity (Wildman–Crippen MR) is 70.7 cm³/mol. The molecule has 18 heavy (non-hydrogen) atoms. The summed E-state index contributed by atoms with van der Waals surface area (Å²) in [5, 5.41) is 0. The van der Waals surface area contributed by atoms with Gasteiger partial charge in [-0.05, 0) is 24.3 Å². The molecule has 0 fully saturated rings. The van der Waals surface area contributed by atoms with Crippen molar-refractivity contribution in [1.82, 2.24) is 15.0 Å². The maximum atomic E-state index is 4.44. The molecule has 0 aliphatic rings. The molecule has 0 saturated carbocycles. The first kappa shape index (κ1) is 10.6. The summed E-state index contributed by atoms with van der Waals surface area (Å²) < 4.78 is 0. The van der Waals surface area contributed by atoms with E-state index in [9.17, 15) is 0 Å². The molecule has 0 saturated heterocycles. The van der Waals surface area contributed by atoms with Gasteiger partial charge < -0.3 is 0 Å². The first-order valence-electron chi connectivity index (χ1n) is 5.72. The molecule has 0 aromatic carbocycles. The minimum Gasteiger partial charge on any atom is -0.264 e. The Morgan fingerprint density at radius 1 is 0.722 bits per heavy atom. The minimum absolute atomic E-state index is 0.872. The summed E-state index contributed by atoms with van der Waals surface area (Å²) in [5.41, 5.74) is 3.85. The van der Waals surface area contributed by atoms with E-state index in [2.05, 4.69) is 15.0 Å². The van der Waals surface area contributed by atoms with E-state index < -0.39 is 0 Å². The molecule has 0 aliphatic heterocycles. The van der Waals surface area contributed by atoms with E-state index in [4.69, 9.17) is 0 Å². The van der Waals surface area contributed by atoms with Crippen molar-refractivity contribution < 1.29 is 0 Å². The monoisotopic (exact) mass is 233 g/mol. The molecule has 0 bridgehead atoms. The zero-order valence-corrected chi connectivity index (χ0v) is 9.69. The Labute approximate surface area is 105 Å². The highest BCUT2D eigenvalue weighted by Crippen LogP contribution is 2.27. The normalized spacial score (nSPS) is 10.2. The molecule has 0 spiro atoms. The smallest absolute Gasteiger partial charge is 0.0964 e. The van der Waals surface area contributed by atoms with Crippen LogP contribution in [0.15, 0.2) is 67.3 Å². The van der Waals surface area contributed by atoms with Gasteiger partial charge in [0.1, 0.15) is 0 Å². The van der Waals surface area contributed by atoms with Gasteiger partial charge in [-0.1, -0.05) is 18.2 Å². The van der Waals surface area contributed by atoms with Crippen molar-refractivity contribution in [3.8, 4) is 22.5 Å². The second kappa shape index (κ2) is 4.75. The van der Waals surface area contributed by atoms with Crippen molar-refractivity contribution >= 4 is 0 Å². The second-order valence-electron chi connectivity index (χ2n) is 3.86. The summed E-state index contributed by atoms with van der Waals surface area (Å²) in [6, 6.07) is 13.7. The van der Waals surface area contributed by atoms with Gasteiger partial charge in [0, 0.05) is 35.9 Å². The number of pyridine rings is 3. The molecule has 86 valence electrons. The second-order valence-corrected chi connectivity index (χ2v) is 3.86. The van der Waals surface area contributed by atoms with Crippen LogP contribution in [0.2, 0.25) is 0 Å². The molecule has 3 aromatic heterocycles. The summed E-state index contributed by atoms with van der Waals surface area (Å²) in [7, 11) is 0. The summed E-state index contributed by atoms with van der Waals surface area (Å²) in [6.45, 7) is 0. The predicted octanol–water partition coefficient (Wildman–Crippen LogP) is 3.21. The van der Waals surface area contributed by atoms with Crippen LogP contribution in [0.1, 0.15) is 0 Å². The maximum absolute atomic E-state index is 4.44. The summed E-state index contributed by atoms with van der Waals surface area (Å²) >= 11 is 0. The highest BCUT2D eigenvalue weighted by molar-refractivity contribution is 5.78. The zero-order chi connectivity index (χ0) is 12.2. The molecule has 3 rings (SSSR count). The number of hydrogen-bond acceptors (Lipinski definition) is 3. The number of nitrogens with zero attached hydrogens (tertiary/aromatic N) is 3. The van der Waals surface area contributed by atoms with Crippen molar-refractivity contribution in [1.29, 1.82) is 0 Å². The molecule has 0 atom stereocenters. The highest BCUT2D eigenvalue weighted by atomic mass is 14.8. The standard InChI is InChI=1S/C15H11N3/c1-2-9-17-14(7-1)15-13(6-4-10-18-15)12-5-3-8-16-11-12/h1-11H. The molecule has 0 N–H and O–H groups in total. The van der Waals surface area contributed by atoms with Crippen molar-refractivity contribution in [3.05, 3.63) is 67.3 Å². The van der Waals surface area contributed by atoms with Gasteiger partial charge in [0.2, 0.25) is 0 Å². The maximum Gasteiger partial charge on any atom is 0.0964 e. The van der Waals surface area contributed by atoms with Crippen LogP contribution in [0.3, 0.4) is 0 Å². The fraction of sp³-hybridized carbons (Fsp3) is 0. The molecule has 3 nitrogen and oxygen atoms in total. The van der Waals surface area contributed by atoms with Gasteiger partial charge in [0.15, 0.2) is 0 Å². The minimum atomic E-state index is 0.872. The van der Waals surface area contributed by atoms with E-state index in [1.54, 1.807) is 18.6 Å². The third-order valence-corrected chi connectivity index (χ3v) is 2.69. The van der Waals surface area contributed by atoms with Gasteiger partial charge in [0.05, 0.1) is 11.4 Å². The van der Waals surface area contributed by atoms with Gasteiger partial charge in [-0.2, -0.15) is 0 Å². The molecule has 0 unspecified atom stereocenters. The lowest BCUT2D eigenvalue weighted by molar-refractivity contribution is 1.24. The van der Waals surface area contributed by atoms with E-state index in [1.165, 1.54) is 0 Å². The Bertz CT molecular complexity index is 578. The summed E-state index contributed by atoms with van der Waals surface area (Å²) in [4.78, 5) is 12.9. The molecule has 0 aliphatic carbocycles. The average molecular weight is 233 g/mol. The quantitative estimate of drug-likeness (QED) is 0.682. The lowest BCUT2D eigenvalue weighted by Crippen LogP contribution is -1.91. The van der Waals surface area contributed by atoms with Crippen molar-refractivity contribution in [3.63, 3.8) is 0 Å². The van der Waals surface area contributed by atoms with Crippen LogP contribution in [0.5, 0.6) is 0 Å². The van der Waals surface area contributed by atoms with Gasteiger partial charge in [-0.3, -0.25) is 15.0 Å². The van der Waals surface area contributed by atoms with Crippen LogP contribution >= 0.6 is 0 Å². The topological polar surface area (TPSA) is 38.7 Å². The van der Waals surface area contributed by atoms with Crippen molar-refractivity contribution in [2.45, 2.75) is 0 Å². The van der Waals surface area contributed by atoms with E-state index in [0.717, 1.165) is 22.5 Å². The van der Waals surface area contributed by atoms with Crippen LogP contribution < -0.4 is 0 Å². The molecular formula is C15H11N3. The molecule has 3 heteroatoms. The average Bonchev–Trinajstić information content (AvgIpc) is 2.49.